The number of allylic oxidation sites excluding steroid dienone is 4. The van der Waals surface area contributed by atoms with Gasteiger partial charge in [0.15, 0.2) is 0 Å². The van der Waals surface area contributed by atoms with Gasteiger partial charge in [0.2, 0.25) is 0 Å². The fourth-order valence-corrected chi connectivity index (χ4v) is 4.72. The summed E-state index contributed by atoms with van der Waals surface area (Å²) in [4.78, 5) is 7.07. The summed E-state index contributed by atoms with van der Waals surface area (Å²) in [5.74, 6) is 0. The van der Waals surface area contributed by atoms with E-state index < -0.39 is 0 Å². The van der Waals surface area contributed by atoms with Crippen LogP contribution in [0, 0.1) is 34.6 Å². The molecule has 1 aromatic heterocycles. The number of aromatic amines is 1. The van der Waals surface area contributed by atoms with Crippen LogP contribution < -0.4 is 5.73 Å². The summed E-state index contributed by atoms with van der Waals surface area (Å²) in [6.07, 6.45) is 11.1. The van der Waals surface area contributed by atoms with Crippen molar-refractivity contribution in [1.29, 1.82) is 0 Å². The van der Waals surface area contributed by atoms with Gasteiger partial charge in [-0.05, 0) is 85.2 Å². The summed E-state index contributed by atoms with van der Waals surface area (Å²) >= 11 is 0. The molecular weight excluding hydrogens is 546 g/mol. The van der Waals surface area contributed by atoms with Gasteiger partial charge in [0.05, 0.1) is 0 Å². The highest BCUT2D eigenvalue weighted by molar-refractivity contribution is 5.79. The first-order chi connectivity index (χ1) is 21.8. The number of H-pyrrole nitrogens is 1. The van der Waals surface area contributed by atoms with E-state index in [9.17, 15) is 0 Å². The Kier molecular flexibility index (Phi) is 13.8. The van der Waals surface area contributed by atoms with Crippen molar-refractivity contribution in [2.75, 3.05) is 13.6 Å². The third kappa shape index (κ3) is 10.6. The zero-order valence-corrected chi connectivity index (χ0v) is 27.6. The average molecular weight is 594 g/mol. The number of aryl methyl sites for hydroxylation is 4. The maximum Gasteiger partial charge on any atom is 0.0277 e. The molecule has 0 unspecified atom stereocenters. The molecule has 0 atom stereocenters. The summed E-state index contributed by atoms with van der Waals surface area (Å²) in [6, 6.07) is 34.7. The van der Waals surface area contributed by atoms with Gasteiger partial charge in [-0.25, -0.2) is 0 Å². The highest BCUT2D eigenvalue weighted by atomic mass is 14.7. The van der Waals surface area contributed by atoms with Gasteiger partial charge >= 0.3 is 0 Å². The number of hydrogen-bond acceptors (Lipinski definition) is 2. The second-order valence-electron chi connectivity index (χ2n) is 11.0. The predicted molar refractivity (Wildman–Crippen MR) is 198 cm³/mol. The van der Waals surface area contributed by atoms with Crippen molar-refractivity contribution in [3.8, 4) is 33.4 Å². The molecule has 0 aliphatic carbocycles. The van der Waals surface area contributed by atoms with Crippen molar-refractivity contribution in [3.05, 3.63) is 168 Å². The van der Waals surface area contributed by atoms with Gasteiger partial charge in [-0.1, -0.05) is 133 Å². The molecule has 5 aromatic rings. The lowest BCUT2D eigenvalue weighted by atomic mass is 9.97. The Labute approximate surface area is 270 Å². The summed E-state index contributed by atoms with van der Waals surface area (Å²) in [5, 5.41) is 0. The fraction of sp³-hybridized carbons (Fsp3) is 0.167. The van der Waals surface area contributed by atoms with Crippen molar-refractivity contribution in [2.24, 2.45) is 10.7 Å². The van der Waals surface area contributed by atoms with E-state index in [4.69, 9.17) is 5.73 Å². The average Bonchev–Trinajstić information content (AvgIpc) is 3.49. The summed E-state index contributed by atoms with van der Waals surface area (Å²) in [7, 11) is 1.72. The SMILES string of the molecule is C=C/C=C\C=C(\C=NC)CN.Cc1ccc(-c2ccc(-c3ccc(C)cc3)cc2)cc1.Cc1cccc(-c2cc[nH]c2C)c1C. The van der Waals surface area contributed by atoms with Crippen LogP contribution in [-0.2, 0) is 0 Å². The molecule has 0 bridgehead atoms. The van der Waals surface area contributed by atoms with Crippen LogP contribution in [0.15, 0.2) is 145 Å². The third-order valence-corrected chi connectivity index (χ3v) is 7.59. The summed E-state index contributed by atoms with van der Waals surface area (Å²) < 4.78 is 0. The standard InChI is InChI=1S/C20H18.C13H15N.C9H14N2/c1-15-3-7-17(8-4-15)19-11-13-20(14-12-19)18-9-5-16(2)6-10-18;1-9-5-4-6-12(10(9)2)13-7-8-14-11(13)3;1-3-4-5-6-9(7-10)8-11-2/h3-14H,1-2H3;4-8,14H,1-3H3;3-6,8H,1,7,10H2,2H3/b;;5-4-,9-6+,11-8?. The molecule has 4 aromatic carbocycles. The number of aliphatic imine (C=N–C) groups is 1. The zero-order valence-electron chi connectivity index (χ0n) is 27.6. The van der Waals surface area contributed by atoms with Gasteiger partial charge in [0.25, 0.3) is 0 Å². The number of benzene rings is 4. The van der Waals surface area contributed by atoms with Crippen molar-refractivity contribution in [2.45, 2.75) is 34.6 Å². The van der Waals surface area contributed by atoms with Crippen molar-refractivity contribution in [3.63, 3.8) is 0 Å². The number of rotatable bonds is 7. The quantitative estimate of drug-likeness (QED) is 0.143. The maximum atomic E-state index is 5.42. The minimum Gasteiger partial charge on any atom is -0.365 e. The van der Waals surface area contributed by atoms with E-state index in [1.807, 2.05) is 24.4 Å². The van der Waals surface area contributed by atoms with Crippen LogP contribution in [0.3, 0.4) is 0 Å². The third-order valence-electron chi connectivity index (χ3n) is 7.59. The van der Waals surface area contributed by atoms with Crippen LogP contribution in [0.25, 0.3) is 33.4 Å². The Morgan fingerprint density at radius 1 is 0.689 bits per heavy atom. The number of hydrogen-bond donors (Lipinski definition) is 2. The van der Waals surface area contributed by atoms with E-state index >= 15 is 0 Å². The molecule has 0 radical (unpaired) electrons. The van der Waals surface area contributed by atoms with Crippen LogP contribution in [0.1, 0.15) is 27.9 Å². The van der Waals surface area contributed by atoms with Gasteiger partial charge in [-0.2, -0.15) is 0 Å². The predicted octanol–water partition coefficient (Wildman–Crippen LogP) is 10.6. The Bertz CT molecular complexity index is 1650. The van der Waals surface area contributed by atoms with E-state index in [2.05, 4.69) is 148 Å². The first-order valence-electron chi connectivity index (χ1n) is 15.3. The molecule has 0 saturated heterocycles. The minimum absolute atomic E-state index is 0.513. The topological polar surface area (TPSA) is 54.2 Å². The summed E-state index contributed by atoms with van der Waals surface area (Å²) in [6.45, 7) is 14.7. The van der Waals surface area contributed by atoms with E-state index in [0.717, 1.165) is 5.57 Å². The molecular formula is C42H47N3. The van der Waals surface area contributed by atoms with Gasteiger partial charge in [0, 0.05) is 37.3 Å². The van der Waals surface area contributed by atoms with Gasteiger partial charge in [-0.15, -0.1) is 0 Å². The molecule has 230 valence electrons. The zero-order chi connectivity index (χ0) is 32.6. The lowest BCUT2D eigenvalue weighted by Gasteiger charge is -2.07. The Morgan fingerprint density at radius 3 is 1.62 bits per heavy atom. The molecule has 0 amide bonds. The number of nitrogens with zero attached hydrogens (tertiary/aromatic N) is 1. The molecule has 3 N–H and O–H groups in total. The lowest BCUT2D eigenvalue weighted by Crippen LogP contribution is -2.03. The molecule has 3 heteroatoms. The molecule has 1 heterocycles. The first-order valence-corrected chi connectivity index (χ1v) is 15.3. The molecule has 0 saturated carbocycles. The van der Waals surface area contributed by atoms with E-state index in [-0.39, 0.29) is 0 Å². The molecule has 3 nitrogen and oxygen atoms in total. The van der Waals surface area contributed by atoms with E-state index in [0.29, 0.717) is 6.54 Å². The van der Waals surface area contributed by atoms with Crippen molar-refractivity contribution in [1.82, 2.24) is 4.98 Å². The Balaban J connectivity index is 0.000000195. The van der Waals surface area contributed by atoms with Gasteiger partial charge in [-0.3, -0.25) is 4.99 Å². The Hall–Kier alpha value is -4.99. The molecule has 5 rings (SSSR count). The molecule has 45 heavy (non-hydrogen) atoms. The van der Waals surface area contributed by atoms with Crippen LogP contribution in [0.2, 0.25) is 0 Å². The van der Waals surface area contributed by atoms with Crippen LogP contribution in [0.5, 0.6) is 0 Å². The fourth-order valence-electron chi connectivity index (χ4n) is 4.72. The monoisotopic (exact) mass is 593 g/mol. The second kappa shape index (κ2) is 18.0. The van der Waals surface area contributed by atoms with Crippen LogP contribution >= 0.6 is 0 Å². The Morgan fingerprint density at radius 2 is 1.20 bits per heavy atom. The first kappa shape index (κ1) is 34.5. The summed E-state index contributed by atoms with van der Waals surface area (Å²) in [5.41, 5.74) is 20.7. The smallest absolute Gasteiger partial charge is 0.0277 e. The highest BCUT2D eigenvalue weighted by Gasteiger charge is 2.06. The second-order valence-corrected chi connectivity index (χ2v) is 11.0. The minimum atomic E-state index is 0.513. The van der Waals surface area contributed by atoms with Crippen molar-refractivity contribution >= 4 is 6.21 Å². The lowest BCUT2D eigenvalue weighted by molar-refractivity contribution is 1.21. The van der Waals surface area contributed by atoms with Gasteiger partial charge in [0.1, 0.15) is 0 Å². The molecule has 0 fully saturated rings. The number of nitrogens with two attached hydrogens (primary N) is 1. The highest BCUT2D eigenvalue weighted by Crippen LogP contribution is 2.28. The maximum absolute atomic E-state index is 5.42. The van der Waals surface area contributed by atoms with Crippen LogP contribution in [-0.4, -0.2) is 24.8 Å². The van der Waals surface area contributed by atoms with Crippen LogP contribution in [0.4, 0.5) is 0 Å². The van der Waals surface area contributed by atoms with E-state index in [1.165, 1.54) is 61.3 Å². The normalized spacial score (nSPS) is 11.1. The number of aromatic nitrogens is 1. The number of nitrogens with one attached hydrogen (secondary N) is 1. The van der Waals surface area contributed by atoms with E-state index in [1.54, 1.807) is 19.3 Å². The van der Waals surface area contributed by atoms with Gasteiger partial charge < -0.3 is 10.7 Å². The molecule has 0 aliphatic rings. The molecule has 0 spiro atoms. The molecule has 0 aliphatic heterocycles. The largest absolute Gasteiger partial charge is 0.365 e. The van der Waals surface area contributed by atoms with Crippen molar-refractivity contribution < 1.29 is 0 Å².